The zero-order valence-corrected chi connectivity index (χ0v) is 18.0. The summed E-state index contributed by atoms with van der Waals surface area (Å²) in [4.78, 5) is 0. The molecule has 0 aliphatic rings. The topological polar surface area (TPSA) is 38.7 Å². The maximum atomic E-state index is 10.2. The van der Waals surface area contributed by atoms with Crippen LogP contribution in [0.3, 0.4) is 0 Å². The van der Waals surface area contributed by atoms with Crippen molar-refractivity contribution in [2.75, 3.05) is 13.2 Å². The quantitative estimate of drug-likeness (QED) is 0.649. The second-order valence-corrected chi connectivity index (χ2v) is 18.3. The van der Waals surface area contributed by atoms with Crippen molar-refractivity contribution in [1.29, 1.82) is 0 Å². The highest BCUT2D eigenvalue weighted by molar-refractivity contribution is 6.74. The average Bonchev–Trinajstić information content (AvgIpc) is 2.32. The molecule has 3 nitrogen and oxygen atoms in total. The predicted octanol–water partition coefficient (Wildman–Crippen LogP) is 4.78. The second-order valence-electron chi connectivity index (χ2n) is 8.78. The van der Waals surface area contributed by atoms with E-state index in [1.165, 1.54) is 0 Å². The second kappa shape index (κ2) is 7.26. The van der Waals surface area contributed by atoms with Crippen molar-refractivity contribution >= 4 is 16.6 Å². The Morgan fingerprint density at radius 3 is 1.57 bits per heavy atom. The summed E-state index contributed by atoms with van der Waals surface area (Å²) in [6, 6.07) is 0. The van der Waals surface area contributed by atoms with E-state index in [9.17, 15) is 5.11 Å². The van der Waals surface area contributed by atoms with Gasteiger partial charge in [0.25, 0.3) is 0 Å². The lowest BCUT2D eigenvalue weighted by atomic mass is 10.1. The molecule has 0 spiro atoms. The van der Waals surface area contributed by atoms with Crippen LogP contribution in [0.1, 0.15) is 48.0 Å². The Labute approximate surface area is 134 Å². The maximum Gasteiger partial charge on any atom is 0.192 e. The molecule has 0 aromatic heterocycles. The number of aliphatic hydroxyl groups is 1. The number of hydrogen-bond acceptors (Lipinski definition) is 3. The van der Waals surface area contributed by atoms with Gasteiger partial charge in [-0.15, -0.1) is 0 Å². The van der Waals surface area contributed by atoms with E-state index in [0.717, 1.165) is 6.42 Å². The standard InChI is InChI=1S/C16H38O3Si2/c1-11-16(5,6)21(9,10)19-13-14(17)12-18-20(7,8)15(2,3)4/h14,17H,11-13H2,1-10H3. The molecule has 0 aromatic rings. The van der Waals surface area contributed by atoms with Crippen molar-refractivity contribution in [3.8, 4) is 0 Å². The van der Waals surface area contributed by atoms with Crippen LogP contribution in [-0.2, 0) is 8.85 Å². The first kappa shape index (κ1) is 21.3. The van der Waals surface area contributed by atoms with Crippen LogP contribution in [0.15, 0.2) is 0 Å². The molecule has 0 fully saturated rings. The Kier molecular flexibility index (Phi) is 7.37. The minimum absolute atomic E-state index is 0.172. The SMILES string of the molecule is CCC(C)(C)[Si](C)(C)OCC(O)CO[Si](C)(C)C(C)(C)C. The van der Waals surface area contributed by atoms with E-state index in [0.29, 0.717) is 13.2 Å². The summed E-state index contributed by atoms with van der Waals surface area (Å²) in [7, 11) is -3.60. The largest absolute Gasteiger partial charge is 0.414 e. The molecule has 5 heteroatoms. The van der Waals surface area contributed by atoms with Gasteiger partial charge in [-0.05, 0) is 36.3 Å². The minimum Gasteiger partial charge on any atom is -0.414 e. The van der Waals surface area contributed by atoms with Gasteiger partial charge in [0.15, 0.2) is 16.6 Å². The fourth-order valence-corrected chi connectivity index (χ4v) is 4.39. The Hall–Kier alpha value is 0.314. The molecular formula is C16H38O3Si2. The Morgan fingerprint density at radius 2 is 1.24 bits per heavy atom. The molecule has 0 bridgehead atoms. The third kappa shape index (κ3) is 6.14. The predicted molar refractivity (Wildman–Crippen MR) is 96.9 cm³/mol. The summed E-state index contributed by atoms with van der Waals surface area (Å²) in [6.45, 7) is 23.0. The molecule has 0 aliphatic heterocycles. The number of aliphatic hydroxyl groups excluding tert-OH is 1. The molecule has 0 aromatic carbocycles. The molecule has 128 valence electrons. The van der Waals surface area contributed by atoms with Gasteiger partial charge >= 0.3 is 0 Å². The van der Waals surface area contributed by atoms with E-state index in [1.807, 2.05) is 0 Å². The molecule has 0 heterocycles. The molecule has 0 aliphatic carbocycles. The van der Waals surface area contributed by atoms with Crippen LogP contribution in [0.4, 0.5) is 0 Å². The molecule has 21 heavy (non-hydrogen) atoms. The third-order valence-corrected chi connectivity index (χ3v) is 14.6. The van der Waals surface area contributed by atoms with E-state index < -0.39 is 22.7 Å². The van der Waals surface area contributed by atoms with Gasteiger partial charge in [-0.25, -0.2) is 0 Å². The van der Waals surface area contributed by atoms with Crippen LogP contribution in [0, 0.1) is 0 Å². The first-order chi connectivity index (χ1) is 9.16. The molecule has 0 radical (unpaired) electrons. The molecule has 0 saturated heterocycles. The molecule has 1 unspecified atom stereocenters. The first-order valence-corrected chi connectivity index (χ1v) is 13.9. The van der Waals surface area contributed by atoms with E-state index in [-0.39, 0.29) is 10.1 Å². The summed E-state index contributed by atoms with van der Waals surface area (Å²) < 4.78 is 12.2. The van der Waals surface area contributed by atoms with Gasteiger partial charge < -0.3 is 14.0 Å². The average molecular weight is 335 g/mol. The van der Waals surface area contributed by atoms with Gasteiger partial charge in [-0.1, -0.05) is 48.0 Å². The van der Waals surface area contributed by atoms with Crippen molar-refractivity contribution in [3.63, 3.8) is 0 Å². The monoisotopic (exact) mass is 334 g/mol. The normalized spacial score (nSPS) is 16.1. The van der Waals surface area contributed by atoms with Crippen LogP contribution in [0.5, 0.6) is 0 Å². The Balaban J connectivity index is 4.39. The fourth-order valence-electron chi connectivity index (χ4n) is 1.49. The zero-order chi connectivity index (χ0) is 17.1. The van der Waals surface area contributed by atoms with Gasteiger partial charge in [-0.3, -0.25) is 0 Å². The highest BCUT2D eigenvalue weighted by atomic mass is 28.4. The summed E-state index contributed by atoms with van der Waals surface area (Å²) in [5.74, 6) is 0. The summed E-state index contributed by atoms with van der Waals surface area (Å²) in [5, 5.41) is 10.6. The molecule has 1 N–H and O–H groups in total. The van der Waals surface area contributed by atoms with Crippen molar-refractivity contribution < 1.29 is 14.0 Å². The smallest absolute Gasteiger partial charge is 0.192 e. The zero-order valence-electron chi connectivity index (χ0n) is 16.0. The summed E-state index contributed by atoms with van der Waals surface area (Å²) >= 11 is 0. The lowest BCUT2D eigenvalue weighted by Gasteiger charge is -2.40. The van der Waals surface area contributed by atoms with Gasteiger partial charge in [0.1, 0.15) is 0 Å². The van der Waals surface area contributed by atoms with E-state index >= 15 is 0 Å². The van der Waals surface area contributed by atoms with E-state index in [2.05, 4.69) is 67.7 Å². The lowest BCUT2D eigenvalue weighted by molar-refractivity contribution is 0.0524. The Bertz CT molecular complexity index is 320. The van der Waals surface area contributed by atoms with Crippen molar-refractivity contribution in [2.24, 2.45) is 0 Å². The Morgan fingerprint density at radius 1 is 0.857 bits per heavy atom. The summed E-state index contributed by atoms with van der Waals surface area (Å²) in [5.41, 5.74) is 0. The van der Waals surface area contributed by atoms with Crippen molar-refractivity contribution in [3.05, 3.63) is 0 Å². The van der Waals surface area contributed by atoms with Crippen LogP contribution in [0.2, 0.25) is 36.3 Å². The lowest BCUT2D eigenvalue weighted by Crippen LogP contribution is -2.46. The highest BCUT2D eigenvalue weighted by Gasteiger charge is 2.40. The minimum atomic E-state index is -1.81. The number of hydrogen-bond donors (Lipinski definition) is 1. The van der Waals surface area contributed by atoms with Gasteiger partial charge in [0.05, 0.1) is 19.3 Å². The van der Waals surface area contributed by atoms with Crippen molar-refractivity contribution in [2.45, 2.75) is 90.3 Å². The molecule has 0 amide bonds. The van der Waals surface area contributed by atoms with Crippen molar-refractivity contribution in [1.82, 2.24) is 0 Å². The van der Waals surface area contributed by atoms with E-state index in [4.69, 9.17) is 8.85 Å². The molecule has 0 saturated carbocycles. The van der Waals surface area contributed by atoms with Crippen LogP contribution >= 0.6 is 0 Å². The third-order valence-electron chi connectivity index (χ3n) is 5.59. The van der Waals surface area contributed by atoms with E-state index in [1.54, 1.807) is 0 Å². The van der Waals surface area contributed by atoms with Crippen LogP contribution in [-0.4, -0.2) is 41.1 Å². The van der Waals surface area contributed by atoms with Gasteiger partial charge in [0, 0.05) is 0 Å². The highest BCUT2D eigenvalue weighted by Crippen LogP contribution is 2.41. The summed E-state index contributed by atoms with van der Waals surface area (Å²) in [6.07, 6.45) is 0.571. The number of rotatable bonds is 8. The van der Waals surface area contributed by atoms with Crippen LogP contribution < -0.4 is 0 Å². The van der Waals surface area contributed by atoms with Crippen LogP contribution in [0.25, 0.3) is 0 Å². The first-order valence-electron chi connectivity index (χ1n) is 8.12. The molecular weight excluding hydrogens is 296 g/mol. The van der Waals surface area contributed by atoms with Gasteiger partial charge in [0.2, 0.25) is 0 Å². The maximum absolute atomic E-state index is 10.2. The fraction of sp³-hybridized carbons (Fsp3) is 1.00. The molecule has 0 rings (SSSR count). The molecule has 1 atom stereocenters. The van der Waals surface area contributed by atoms with Gasteiger partial charge in [-0.2, -0.15) is 0 Å².